The molecule has 0 spiro atoms. The van der Waals surface area contributed by atoms with Gasteiger partial charge in [-0.1, -0.05) is 38.8 Å². The predicted octanol–water partition coefficient (Wildman–Crippen LogP) is 3.51. The second-order valence-corrected chi connectivity index (χ2v) is 8.13. The van der Waals surface area contributed by atoms with Crippen molar-refractivity contribution in [3.05, 3.63) is 29.8 Å². The van der Waals surface area contributed by atoms with Gasteiger partial charge in [-0.25, -0.2) is 0 Å². The van der Waals surface area contributed by atoms with Gasteiger partial charge in [0.1, 0.15) is 5.75 Å². The molecule has 1 saturated heterocycles. The lowest BCUT2D eigenvalue weighted by atomic mass is 9.74. The Hall–Kier alpha value is -1.26. The lowest BCUT2D eigenvalue weighted by molar-refractivity contribution is -0.140. The molecule has 3 rings (SSSR count). The highest BCUT2D eigenvalue weighted by Crippen LogP contribution is 2.44. The quantitative estimate of drug-likeness (QED) is 0.890. The SMILES string of the molecule is COc1cccc(C2(C(=O)N3CCC(N)C(C)(C)C3)CCCC2)c1.Cl. The van der Waals surface area contributed by atoms with E-state index in [0.717, 1.165) is 56.5 Å². The number of piperidine rings is 1. The van der Waals surface area contributed by atoms with Crippen LogP contribution >= 0.6 is 12.4 Å². The average Bonchev–Trinajstić information content (AvgIpc) is 3.07. The van der Waals surface area contributed by atoms with E-state index in [-0.39, 0.29) is 35.2 Å². The third kappa shape index (κ3) is 3.65. The molecule has 1 aliphatic heterocycles. The molecule has 1 aromatic carbocycles. The van der Waals surface area contributed by atoms with Crippen molar-refractivity contribution in [2.45, 2.75) is 57.4 Å². The largest absolute Gasteiger partial charge is 0.497 e. The van der Waals surface area contributed by atoms with E-state index in [1.165, 1.54) is 0 Å². The molecule has 1 aliphatic carbocycles. The number of nitrogens with zero attached hydrogens (tertiary/aromatic N) is 1. The fraction of sp³-hybridized carbons (Fsp3) is 0.650. The minimum atomic E-state index is -0.383. The second kappa shape index (κ2) is 7.55. The third-order valence-corrected chi connectivity index (χ3v) is 6.09. The van der Waals surface area contributed by atoms with Crippen LogP contribution < -0.4 is 10.5 Å². The van der Waals surface area contributed by atoms with Crippen LogP contribution in [0, 0.1) is 5.41 Å². The number of carbonyl (C=O) groups is 1. The van der Waals surface area contributed by atoms with Crippen LogP contribution in [-0.2, 0) is 10.2 Å². The minimum absolute atomic E-state index is 0. The first-order valence-electron chi connectivity index (χ1n) is 9.08. The molecule has 140 valence electrons. The second-order valence-electron chi connectivity index (χ2n) is 8.13. The van der Waals surface area contributed by atoms with Crippen molar-refractivity contribution in [2.24, 2.45) is 11.1 Å². The van der Waals surface area contributed by atoms with E-state index < -0.39 is 0 Å². The normalized spacial score (nSPS) is 24.5. The summed E-state index contributed by atoms with van der Waals surface area (Å²) in [4.78, 5) is 15.6. The summed E-state index contributed by atoms with van der Waals surface area (Å²) in [5.41, 5.74) is 6.96. The molecule has 5 heteroatoms. The summed E-state index contributed by atoms with van der Waals surface area (Å²) in [7, 11) is 1.68. The minimum Gasteiger partial charge on any atom is -0.497 e. The Bertz CT molecular complexity index is 611. The summed E-state index contributed by atoms with van der Waals surface area (Å²) in [5.74, 6) is 1.11. The maximum atomic E-state index is 13.6. The van der Waals surface area contributed by atoms with Crippen molar-refractivity contribution in [3.63, 3.8) is 0 Å². The molecule has 1 amide bonds. The van der Waals surface area contributed by atoms with Crippen molar-refractivity contribution in [2.75, 3.05) is 20.2 Å². The fourth-order valence-corrected chi connectivity index (χ4v) is 4.38. The van der Waals surface area contributed by atoms with Crippen LogP contribution in [0.3, 0.4) is 0 Å². The molecule has 1 aromatic rings. The molecule has 2 aliphatic rings. The Labute approximate surface area is 157 Å². The summed E-state index contributed by atoms with van der Waals surface area (Å²) in [6.45, 7) is 5.86. The number of hydrogen-bond acceptors (Lipinski definition) is 3. The molecule has 25 heavy (non-hydrogen) atoms. The maximum Gasteiger partial charge on any atom is 0.233 e. The number of amides is 1. The van der Waals surface area contributed by atoms with Crippen LogP contribution in [0.4, 0.5) is 0 Å². The van der Waals surface area contributed by atoms with E-state index in [2.05, 4.69) is 24.8 Å². The number of rotatable bonds is 3. The molecule has 1 saturated carbocycles. The number of hydrogen-bond donors (Lipinski definition) is 1. The van der Waals surface area contributed by atoms with Crippen LogP contribution in [0.1, 0.15) is 51.5 Å². The van der Waals surface area contributed by atoms with Gasteiger partial charge in [0.25, 0.3) is 0 Å². The van der Waals surface area contributed by atoms with Crippen LogP contribution in [0.25, 0.3) is 0 Å². The molecule has 1 atom stereocenters. The van der Waals surface area contributed by atoms with Gasteiger partial charge in [-0.2, -0.15) is 0 Å². The monoisotopic (exact) mass is 366 g/mol. The van der Waals surface area contributed by atoms with Gasteiger partial charge in [-0.05, 0) is 42.4 Å². The zero-order chi connectivity index (χ0) is 17.4. The van der Waals surface area contributed by atoms with Gasteiger partial charge in [0.15, 0.2) is 0 Å². The van der Waals surface area contributed by atoms with E-state index in [9.17, 15) is 4.79 Å². The first-order valence-corrected chi connectivity index (χ1v) is 9.08. The molecule has 0 bridgehead atoms. The highest BCUT2D eigenvalue weighted by molar-refractivity contribution is 5.89. The number of benzene rings is 1. The Balaban J connectivity index is 0.00000225. The molecule has 4 nitrogen and oxygen atoms in total. The van der Waals surface area contributed by atoms with E-state index in [0.29, 0.717) is 0 Å². The topological polar surface area (TPSA) is 55.6 Å². The van der Waals surface area contributed by atoms with E-state index >= 15 is 0 Å². The van der Waals surface area contributed by atoms with Crippen LogP contribution in [0.15, 0.2) is 24.3 Å². The molecule has 1 unspecified atom stereocenters. The van der Waals surface area contributed by atoms with Gasteiger partial charge in [0, 0.05) is 19.1 Å². The Morgan fingerprint density at radius 3 is 2.56 bits per heavy atom. The first kappa shape index (κ1) is 20.1. The zero-order valence-electron chi connectivity index (χ0n) is 15.6. The van der Waals surface area contributed by atoms with Gasteiger partial charge in [-0.3, -0.25) is 4.79 Å². The van der Waals surface area contributed by atoms with Crippen LogP contribution in [-0.4, -0.2) is 37.0 Å². The number of carbonyl (C=O) groups excluding carboxylic acids is 1. The Morgan fingerprint density at radius 2 is 1.96 bits per heavy atom. The summed E-state index contributed by atoms with van der Waals surface area (Å²) < 4.78 is 5.39. The summed E-state index contributed by atoms with van der Waals surface area (Å²) in [5, 5.41) is 0. The number of ether oxygens (including phenoxy) is 1. The fourth-order valence-electron chi connectivity index (χ4n) is 4.38. The van der Waals surface area contributed by atoms with E-state index in [4.69, 9.17) is 10.5 Å². The molecule has 1 heterocycles. The summed E-state index contributed by atoms with van der Waals surface area (Å²) in [6, 6.07) is 8.24. The zero-order valence-corrected chi connectivity index (χ0v) is 16.4. The van der Waals surface area contributed by atoms with E-state index in [1.54, 1.807) is 7.11 Å². The highest BCUT2D eigenvalue weighted by Gasteiger charge is 2.47. The summed E-state index contributed by atoms with van der Waals surface area (Å²) >= 11 is 0. The average molecular weight is 367 g/mol. The van der Waals surface area contributed by atoms with Crippen molar-refractivity contribution < 1.29 is 9.53 Å². The van der Waals surface area contributed by atoms with Gasteiger partial charge < -0.3 is 15.4 Å². The van der Waals surface area contributed by atoms with Crippen molar-refractivity contribution >= 4 is 18.3 Å². The molecular formula is C20H31ClN2O2. The van der Waals surface area contributed by atoms with Gasteiger partial charge >= 0.3 is 0 Å². The van der Waals surface area contributed by atoms with Gasteiger partial charge in [0.2, 0.25) is 5.91 Å². The maximum absolute atomic E-state index is 13.6. The third-order valence-electron chi connectivity index (χ3n) is 6.09. The number of methoxy groups -OCH3 is 1. The molecule has 0 aromatic heterocycles. The van der Waals surface area contributed by atoms with Gasteiger partial charge in [0.05, 0.1) is 12.5 Å². The number of halogens is 1. The molecular weight excluding hydrogens is 336 g/mol. The van der Waals surface area contributed by atoms with E-state index in [1.807, 2.05) is 18.2 Å². The molecule has 2 fully saturated rings. The standard InChI is InChI=1S/C20H30N2O2.ClH/c1-19(2)14-22(12-9-17(19)21)18(23)20(10-4-5-11-20)15-7-6-8-16(13-15)24-3;/h6-8,13,17H,4-5,9-12,14,21H2,1-3H3;1H. The van der Waals surface area contributed by atoms with Crippen LogP contribution in [0.2, 0.25) is 0 Å². The lowest BCUT2D eigenvalue weighted by Gasteiger charge is -2.45. The first-order chi connectivity index (χ1) is 11.4. The predicted molar refractivity (Wildman–Crippen MR) is 103 cm³/mol. The molecule has 2 N–H and O–H groups in total. The van der Waals surface area contributed by atoms with Crippen molar-refractivity contribution in [1.29, 1.82) is 0 Å². The smallest absolute Gasteiger partial charge is 0.233 e. The van der Waals surface area contributed by atoms with Crippen molar-refractivity contribution in [1.82, 2.24) is 4.90 Å². The summed E-state index contributed by atoms with van der Waals surface area (Å²) in [6.07, 6.45) is 4.97. The number of likely N-dealkylation sites (tertiary alicyclic amines) is 1. The molecule has 0 radical (unpaired) electrons. The van der Waals surface area contributed by atoms with Gasteiger partial charge in [-0.15, -0.1) is 12.4 Å². The van der Waals surface area contributed by atoms with Crippen LogP contribution in [0.5, 0.6) is 5.75 Å². The van der Waals surface area contributed by atoms with Crippen molar-refractivity contribution in [3.8, 4) is 5.75 Å². The lowest BCUT2D eigenvalue weighted by Crippen LogP contribution is -2.57. The number of nitrogens with two attached hydrogens (primary N) is 1. The Kier molecular flexibility index (Phi) is 6.05. The Morgan fingerprint density at radius 1 is 1.28 bits per heavy atom. The highest BCUT2D eigenvalue weighted by atomic mass is 35.5.